The summed E-state index contributed by atoms with van der Waals surface area (Å²) >= 11 is 0. The molecule has 3 heteroatoms. The summed E-state index contributed by atoms with van der Waals surface area (Å²) in [6, 6.07) is 7.80. The third kappa shape index (κ3) is 4.75. The lowest BCUT2D eigenvalue weighted by molar-refractivity contribution is 0.120. The van der Waals surface area contributed by atoms with Crippen LogP contribution in [0.15, 0.2) is 24.3 Å². The molecule has 0 aliphatic heterocycles. The van der Waals surface area contributed by atoms with Crippen molar-refractivity contribution >= 4 is 0 Å². The van der Waals surface area contributed by atoms with E-state index >= 15 is 0 Å². The SMILES string of the molecule is CCCOCC(N)c1ccccc1OCCC. The van der Waals surface area contributed by atoms with Crippen molar-refractivity contribution in [1.82, 2.24) is 0 Å². The Morgan fingerprint density at radius 2 is 1.82 bits per heavy atom. The van der Waals surface area contributed by atoms with Crippen LogP contribution in [0.3, 0.4) is 0 Å². The highest BCUT2D eigenvalue weighted by molar-refractivity contribution is 5.35. The maximum atomic E-state index is 6.10. The van der Waals surface area contributed by atoms with Crippen molar-refractivity contribution in [1.29, 1.82) is 0 Å². The zero-order chi connectivity index (χ0) is 12.5. The first kappa shape index (κ1) is 14.0. The summed E-state index contributed by atoms with van der Waals surface area (Å²) in [4.78, 5) is 0. The van der Waals surface area contributed by atoms with E-state index in [4.69, 9.17) is 15.2 Å². The van der Waals surface area contributed by atoms with Crippen molar-refractivity contribution in [2.45, 2.75) is 32.7 Å². The number of para-hydroxylation sites is 1. The molecular formula is C14H23NO2. The largest absolute Gasteiger partial charge is 0.493 e. The number of benzene rings is 1. The fraction of sp³-hybridized carbons (Fsp3) is 0.571. The Labute approximate surface area is 104 Å². The second-order valence-corrected chi connectivity index (χ2v) is 4.07. The van der Waals surface area contributed by atoms with E-state index in [-0.39, 0.29) is 6.04 Å². The molecule has 1 unspecified atom stereocenters. The van der Waals surface area contributed by atoms with Gasteiger partial charge in [0.2, 0.25) is 0 Å². The van der Waals surface area contributed by atoms with E-state index in [1.54, 1.807) is 0 Å². The Kier molecular flexibility index (Phi) is 6.67. The smallest absolute Gasteiger partial charge is 0.124 e. The molecule has 0 spiro atoms. The van der Waals surface area contributed by atoms with Crippen LogP contribution in [0.4, 0.5) is 0 Å². The number of hydrogen-bond acceptors (Lipinski definition) is 3. The lowest BCUT2D eigenvalue weighted by atomic mass is 10.1. The van der Waals surface area contributed by atoms with Gasteiger partial charge in [0.15, 0.2) is 0 Å². The van der Waals surface area contributed by atoms with E-state index in [1.165, 1.54) is 0 Å². The number of nitrogens with two attached hydrogens (primary N) is 1. The predicted octanol–water partition coefficient (Wildman–Crippen LogP) is 2.90. The topological polar surface area (TPSA) is 44.5 Å². The second-order valence-electron chi connectivity index (χ2n) is 4.07. The van der Waals surface area contributed by atoms with Gasteiger partial charge in [0, 0.05) is 12.2 Å². The molecule has 1 atom stereocenters. The zero-order valence-electron chi connectivity index (χ0n) is 10.8. The summed E-state index contributed by atoms with van der Waals surface area (Å²) in [6.45, 7) is 6.20. The van der Waals surface area contributed by atoms with E-state index in [9.17, 15) is 0 Å². The van der Waals surface area contributed by atoms with Crippen molar-refractivity contribution in [2.75, 3.05) is 19.8 Å². The molecule has 0 bridgehead atoms. The first-order chi connectivity index (χ1) is 8.29. The first-order valence-electron chi connectivity index (χ1n) is 6.34. The molecule has 0 heterocycles. The van der Waals surface area contributed by atoms with Crippen LogP contribution in [-0.2, 0) is 4.74 Å². The van der Waals surface area contributed by atoms with Gasteiger partial charge in [-0.15, -0.1) is 0 Å². The Morgan fingerprint density at radius 1 is 1.12 bits per heavy atom. The van der Waals surface area contributed by atoms with Gasteiger partial charge in [0.25, 0.3) is 0 Å². The molecule has 1 aromatic carbocycles. The molecule has 0 aliphatic carbocycles. The normalized spacial score (nSPS) is 12.4. The Morgan fingerprint density at radius 3 is 2.53 bits per heavy atom. The minimum Gasteiger partial charge on any atom is -0.493 e. The molecule has 0 radical (unpaired) electrons. The lowest BCUT2D eigenvalue weighted by Crippen LogP contribution is -2.18. The van der Waals surface area contributed by atoms with E-state index in [0.717, 1.165) is 37.4 Å². The average molecular weight is 237 g/mol. The molecule has 0 aromatic heterocycles. The Bertz CT molecular complexity index is 315. The van der Waals surface area contributed by atoms with Gasteiger partial charge >= 0.3 is 0 Å². The zero-order valence-corrected chi connectivity index (χ0v) is 10.8. The van der Waals surface area contributed by atoms with Gasteiger partial charge in [0.1, 0.15) is 5.75 Å². The van der Waals surface area contributed by atoms with Gasteiger partial charge in [-0.1, -0.05) is 32.0 Å². The third-order valence-electron chi connectivity index (χ3n) is 2.43. The molecule has 1 aromatic rings. The number of ether oxygens (including phenoxy) is 2. The third-order valence-corrected chi connectivity index (χ3v) is 2.43. The standard InChI is InChI=1S/C14H23NO2/c1-3-9-16-11-13(15)12-7-5-6-8-14(12)17-10-4-2/h5-8,13H,3-4,9-11,15H2,1-2H3. The highest BCUT2D eigenvalue weighted by Gasteiger charge is 2.11. The average Bonchev–Trinajstić information content (AvgIpc) is 2.37. The molecule has 0 saturated heterocycles. The van der Waals surface area contributed by atoms with Gasteiger partial charge in [-0.25, -0.2) is 0 Å². The minimum atomic E-state index is -0.116. The summed E-state index contributed by atoms with van der Waals surface area (Å²) in [7, 11) is 0. The quantitative estimate of drug-likeness (QED) is 0.707. The van der Waals surface area contributed by atoms with Gasteiger partial charge in [-0.05, 0) is 18.9 Å². The van der Waals surface area contributed by atoms with E-state index in [0.29, 0.717) is 6.61 Å². The van der Waals surface area contributed by atoms with Crippen LogP contribution in [0.5, 0.6) is 5.75 Å². The molecule has 96 valence electrons. The van der Waals surface area contributed by atoms with E-state index in [2.05, 4.69) is 13.8 Å². The molecule has 0 amide bonds. The van der Waals surface area contributed by atoms with Crippen molar-refractivity contribution in [3.8, 4) is 5.75 Å². The van der Waals surface area contributed by atoms with Gasteiger partial charge in [-0.3, -0.25) is 0 Å². The lowest BCUT2D eigenvalue weighted by Gasteiger charge is -2.16. The van der Waals surface area contributed by atoms with Crippen molar-refractivity contribution in [2.24, 2.45) is 5.73 Å². The molecule has 2 N–H and O–H groups in total. The van der Waals surface area contributed by atoms with Crippen molar-refractivity contribution in [3.63, 3.8) is 0 Å². The summed E-state index contributed by atoms with van der Waals surface area (Å²) < 4.78 is 11.2. The van der Waals surface area contributed by atoms with Crippen LogP contribution in [0.2, 0.25) is 0 Å². The summed E-state index contributed by atoms with van der Waals surface area (Å²) in [6.07, 6.45) is 2.01. The Hall–Kier alpha value is -1.06. The molecule has 0 aliphatic rings. The molecular weight excluding hydrogens is 214 g/mol. The monoisotopic (exact) mass is 237 g/mol. The molecule has 0 saturated carbocycles. The van der Waals surface area contributed by atoms with Crippen LogP contribution in [0.25, 0.3) is 0 Å². The fourth-order valence-corrected chi connectivity index (χ4v) is 1.57. The molecule has 17 heavy (non-hydrogen) atoms. The van der Waals surface area contributed by atoms with E-state index in [1.807, 2.05) is 24.3 Å². The highest BCUT2D eigenvalue weighted by Crippen LogP contribution is 2.23. The molecule has 1 rings (SSSR count). The van der Waals surface area contributed by atoms with Crippen molar-refractivity contribution in [3.05, 3.63) is 29.8 Å². The summed E-state index contributed by atoms with van der Waals surface area (Å²) in [5.41, 5.74) is 7.13. The van der Waals surface area contributed by atoms with Crippen LogP contribution < -0.4 is 10.5 Å². The summed E-state index contributed by atoms with van der Waals surface area (Å²) in [5, 5.41) is 0. The van der Waals surface area contributed by atoms with Crippen LogP contribution in [-0.4, -0.2) is 19.8 Å². The van der Waals surface area contributed by atoms with Crippen LogP contribution >= 0.6 is 0 Å². The number of hydrogen-bond donors (Lipinski definition) is 1. The predicted molar refractivity (Wildman–Crippen MR) is 70.3 cm³/mol. The number of rotatable bonds is 8. The van der Waals surface area contributed by atoms with Gasteiger partial charge in [-0.2, -0.15) is 0 Å². The fourth-order valence-electron chi connectivity index (χ4n) is 1.57. The van der Waals surface area contributed by atoms with Gasteiger partial charge < -0.3 is 15.2 Å². The highest BCUT2D eigenvalue weighted by atomic mass is 16.5. The Balaban J connectivity index is 2.60. The van der Waals surface area contributed by atoms with Crippen LogP contribution in [0, 0.1) is 0 Å². The maximum Gasteiger partial charge on any atom is 0.124 e. The maximum absolute atomic E-state index is 6.10. The van der Waals surface area contributed by atoms with Crippen LogP contribution in [0.1, 0.15) is 38.3 Å². The molecule has 0 fully saturated rings. The summed E-state index contributed by atoms with van der Waals surface area (Å²) in [5.74, 6) is 0.877. The molecule has 3 nitrogen and oxygen atoms in total. The first-order valence-corrected chi connectivity index (χ1v) is 6.34. The van der Waals surface area contributed by atoms with Crippen molar-refractivity contribution < 1.29 is 9.47 Å². The second kappa shape index (κ2) is 8.09. The van der Waals surface area contributed by atoms with Gasteiger partial charge in [0.05, 0.1) is 19.3 Å². The van der Waals surface area contributed by atoms with E-state index < -0.39 is 0 Å². The minimum absolute atomic E-state index is 0.116.